The summed E-state index contributed by atoms with van der Waals surface area (Å²) in [5.74, 6) is -1.57. The average Bonchev–Trinajstić information content (AvgIpc) is 3.55. The average molecular weight is 565 g/mol. The normalized spacial score (nSPS) is 18.2. The van der Waals surface area contributed by atoms with Crippen LogP contribution in [-0.4, -0.2) is 60.6 Å². The van der Waals surface area contributed by atoms with Gasteiger partial charge in [-0.25, -0.2) is 14.3 Å². The molecule has 2 aromatic carbocycles. The topological polar surface area (TPSA) is 238 Å². The monoisotopic (exact) mass is 565 g/mol. The third-order valence-electron chi connectivity index (χ3n) is 6.21. The number of non-ortho nitro benzene ring substituents is 2. The fraction of sp³-hybridized carbons (Fsp3) is 0.208. The number of ether oxygens (including phenoxy) is 3. The fourth-order valence-electron chi connectivity index (χ4n) is 4.19. The number of anilines is 1. The van der Waals surface area contributed by atoms with Gasteiger partial charge in [-0.05, 0) is 24.3 Å². The summed E-state index contributed by atoms with van der Waals surface area (Å²) in [5.41, 5.74) is 5.09. The molecular weight excluding hydrogens is 546 g/mol. The third kappa shape index (κ3) is 5.55. The minimum Gasteiger partial charge on any atom is -0.459 e. The smallest absolute Gasteiger partial charge is 0.338 e. The minimum absolute atomic E-state index is 0.00361. The van der Waals surface area contributed by atoms with Crippen molar-refractivity contribution in [3.63, 3.8) is 0 Å². The number of hydrogen-bond donors (Lipinski definition) is 2. The summed E-state index contributed by atoms with van der Waals surface area (Å²) < 4.78 is 18.3. The number of nitrogens with one attached hydrogen (secondary N) is 1. The lowest BCUT2D eigenvalue weighted by atomic mass is 10.1. The highest BCUT2D eigenvalue weighted by atomic mass is 16.6. The van der Waals surface area contributed by atoms with Crippen LogP contribution >= 0.6 is 0 Å². The molecule has 0 amide bonds. The van der Waals surface area contributed by atoms with Crippen LogP contribution in [-0.2, 0) is 14.2 Å². The van der Waals surface area contributed by atoms with E-state index in [1.807, 2.05) is 0 Å². The second kappa shape index (κ2) is 10.8. The van der Waals surface area contributed by atoms with Crippen molar-refractivity contribution >= 4 is 40.2 Å². The van der Waals surface area contributed by atoms with Crippen LogP contribution in [0.25, 0.3) is 11.0 Å². The molecule has 1 saturated heterocycles. The number of pyridine rings is 1. The van der Waals surface area contributed by atoms with Crippen LogP contribution < -0.4 is 11.3 Å². The number of hydrogen-bond acceptors (Lipinski definition) is 13. The van der Waals surface area contributed by atoms with Crippen LogP contribution in [0, 0.1) is 20.2 Å². The van der Waals surface area contributed by atoms with Gasteiger partial charge in [0.25, 0.3) is 16.9 Å². The van der Waals surface area contributed by atoms with Gasteiger partial charge in [0.1, 0.15) is 30.1 Å². The van der Waals surface area contributed by atoms with Gasteiger partial charge in [0, 0.05) is 36.8 Å². The van der Waals surface area contributed by atoms with E-state index in [2.05, 4.69) is 15.3 Å². The molecular formula is C24H19N7O10. The Bertz CT molecular complexity index is 1720. The molecule has 3 heterocycles. The lowest BCUT2D eigenvalue weighted by molar-refractivity contribution is -0.385. The number of benzene rings is 2. The molecule has 1 aliphatic heterocycles. The minimum atomic E-state index is -1.01. The van der Waals surface area contributed by atoms with Crippen molar-refractivity contribution in [2.75, 3.05) is 12.3 Å². The largest absolute Gasteiger partial charge is 0.459 e. The van der Waals surface area contributed by atoms with Crippen molar-refractivity contribution < 1.29 is 33.6 Å². The van der Waals surface area contributed by atoms with E-state index in [4.69, 9.17) is 19.9 Å². The van der Waals surface area contributed by atoms with E-state index >= 15 is 0 Å². The van der Waals surface area contributed by atoms with Gasteiger partial charge in [-0.15, -0.1) is 5.10 Å². The molecule has 0 aliphatic carbocycles. The molecule has 0 unspecified atom stereocenters. The quantitative estimate of drug-likeness (QED) is 0.176. The third-order valence-corrected chi connectivity index (χ3v) is 6.21. The van der Waals surface area contributed by atoms with E-state index in [0.29, 0.717) is 0 Å². The Balaban J connectivity index is 1.36. The van der Waals surface area contributed by atoms with E-state index in [0.717, 1.165) is 24.3 Å². The maximum Gasteiger partial charge on any atom is 0.338 e. The van der Waals surface area contributed by atoms with Crippen LogP contribution in [0.2, 0.25) is 0 Å². The van der Waals surface area contributed by atoms with Gasteiger partial charge in [0.05, 0.1) is 21.0 Å². The molecule has 41 heavy (non-hydrogen) atoms. The van der Waals surface area contributed by atoms with Crippen molar-refractivity contribution in [3.8, 4) is 0 Å². The Labute approximate surface area is 227 Å². The number of nitrogens with two attached hydrogens (primary N) is 1. The number of aromatic nitrogens is 4. The first-order valence-corrected chi connectivity index (χ1v) is 11.9. The van der Waals surface area contributed by atoms with Gasteiger partial charge >= 0.3 is 11.9 Å². The number of H-pyrrole nitrogens is 1. The number of aromatic amines is 1. The van der Waals surface area contributed by atoms with E-state index in [1.165, 1.54) is 35.0 Å². The highest BCUT2D eigenvalue weighted by Crippen LogP contribution is 2.33. The Kier molecular flexibility index (Phi) is 7.09. The first-order valence-electron chi connectivity index (χ1n) is 11.9. The zero-order chi connectivity index (χ0) is 29.3. The van der Waals surface area contributed by atoms with Crippen molar-refractivity contribution in [2.24, 2.45) is 0 Å². The number of nitro benzene ring substituents is 2. The van der Waals surface area contributed by atoms with Crippen LogP contribution in [0.5, 0.6) is 0 Å². The maximum absolute atomic E-state index is 12.9. The van der Waals surface area contributed by atoms with E-state index in [1.54, 1.807) is 0 Å². The number of fused-ring (bicyclic) bond motifs is 1. The number of carbonyl (C=O) groups is 2. The van der Waals surface area contributed by atoms with Crippen LogP contribution in [0.3, 0.4) is 0 Å². The Morgan fingerprint density at radius 3 is 2.20 bits per heavy atom. The molecule has 0 radical (unpaired) electrons. The summed E-state index contributed by atoms with van der Waals surface area (Å²) in [6.45, 7) is -0.389. The molecule has 3 atom stereocenters. The van der Waals surface area contributed by atoms with E-state index < -0.39 is 45.8 Å². The zero-order valence-electron chi connectivity index (χ0n) is 20.7. The molecule has 17 heteroatoms. The molecule has 0 bridgehead atoms. The van der Waals surface area contributed by atoms with Gasteiger partial charge in [0.15, 0.2) is 11.7 Å². The molecule has 1 fully saturated rings. The molecule has 5 rings (SSSR count). The summed E-state index contributed by atoms with van der Waals surface area (Å²) in [7, 11) is 0. The summed E-state index contributed by atoms with van der Waals surface area (Å²) in [5, 5.41) is 29.6. The molecule has 3 N–H and O–H groups in total. The lowest BCUT2D eigenvalue weighted by Gasteiger charge is -2.19. The zero-order valence-corrected chi connectivity index (χ0v) is 20.7. The van der Waals surface area contributed by atoms with Gasteiger partial charge < -0.3 is 24.9 Å². The number of nitrogen functional groups attached to an aromatic ring is 1. The highest BCUT2D eigenvalue weighted by molar-refractivity contribution is 5.90. The van der Waals surface area contributed by atoms with Crippen molar-refractivity contribution in [2.45, 2.75) is 24.9 Å². The molecule has 17 nitrogen and oxygen atoms in total. The summed E-state index contributed by atoms with van der Waals surface area (Å²) >= 11 is 0. The number of nitro groups is 2. The van der Waals surface area contributed by atoms with E-state index in [9.17, 15) is 34.6 Å². The summed E-state index contributed by atoms with van der Waals surface area (Å²) in [6, 6.07) is 11.0. The summed E-state index contributed by atoms with van der Waals surface area (Å²) in [4.78, 5) is 60.6. The Hall–Kier alpha value is -5.71. The predicted octanol–water partition coefficient (Wildman–Crippen LogP) is 1.89. The molecule has 0 saturated carbocycles. The molecule has 210 valence electrons. The predicted molar refractivity (Wildman–Crippen MR) is 137 cm³/mol. The standard InChI is InChI=1S/C24H19N7O10/c25-19-9-16-21(22(32)26-19)27-28-29(16)20-10-17(41-24(34)13-3-7-15(8-4-13)31(37)38)18(40-20)11-39-23(33)12-1-5-14(6-2-12)30(35)36/h1-9,17-18,20H,10-11H2,(H3,25,26,32)/t17-,18+,20+/m0/s1. The summed E-state index contributed by atoms with van der Waals surface area (Å²) in [6.07, 6.45) is -2.92. The van der Waals surface area contributed by atoms with Crippen molar-refractivity contribution in [3.05, 3.63) is 96.3 Å². The van der Waals surface area contributed by atoms with Crippen LogP contribution in [0.4, 0.5) is 17.2 Å². The highest BCUT2D eigenvalue weighted by Gasteiger charge is 2.41. The second-order valence-electron chi connectivity index (χ2n) is 8.84. The number of esters is 2. The van der Waals surface area contributed by atoms with Crippen molar-refractivity contribution in [1.29, 1.82) is 0 Å². The first-order chi connectivity index (χ1) is 19.6. The van der Waals surface area contributed by atoms with Gasteiger partial charge in [-0.3, -0.25) is 25.0 Å². The maximum atomic E-state index is 12.9. The Morgan fingerprint density at radius 1 is 1.02 bits per heavy atom. The molecule has 0 spiro atoms. The first kappa shape index (κ1) is 26.9. The van der Waals surface area contributed by atoms with Crippen molar-refractivity contribution in [1.82, 2.24) is 20.0 Å². The van der Waals surface area contributed by atoms with Crippen LogP contribution in [0.1, 0.15) is 33.4 Å². The lowest BCUT2D eigenvalue weighted by Crippen LogP contribution is -2.32. The molecule has 2 aromatic heterocycles. The van der Waals surface area contributed by atoms with Gasteiger partial charge in [0.2, 0.25) is 0 Å². The fourth-order valence-corrected chi connectivity index (χ4v) is 4.19. The Morgan fingerprint density at radius 2 is 1.61 bits per heavy atom. The van der Waals surface area contributed by atoms with E-state index in [-0.39, 0.29) is 52.4 Å². The number of carbonyl (C=O) groups excluding carboxylic acids is 2. The number of nitrogens with zero attached hydrogens (tertiary/aromatic N) is 5. The molecule has 4 aromatic rings. The second-order valence-corrected chi connectivity index (χ2v) is 8.84. The van der Waals surface area contributed by atoms with Gasteiger partial charge in [-0.1, -0.05) is 5.21 Å². The number of rotatable bonds is 8. The SMILES string of the molecule is Nc1cc2c(nnn2[C@H]2C[C@H](OC(=O)c3ccc([N+](=O)[O-])cc3)[C@@H](COC(=O)c3ccc([N+](=O)[O-])cc3)O2)c(=O)[nH]1. The van der Waals surface area contributed by atoms with Gasteiger partial charge in [-0.2, -0.15) is 0 Å². The molecule has 1 aliphatic rings. The van der Waals surface area contributed by atoms with Crippen LogP contribution in [0.15, 0.2) is 59.4 Å².